The molecule has 0 amide bonds. The number of carbonyl (C=O) groups is 1. The SMILES string of the molecule is CCCC1CCC(C2CCC(C(=O)Oc3cc(F)c(/C(F)=C/C(F)(F)F)c(F)c3)CC2)CC1. The number of hydrogen-bond acceptors (Lipinski definition) is 2. The van der Waals surface area contributed by atoms with Gasteiger partial charge >= 0.3 is 12.1 Å². The molecule has 0 radical (unpaired) electrons. The number of allylic oxidation sites excluding steroid dienone is 1. The molecule has 2 nitrogen and oxygen atoms in total. The molecule has 2 aliphatic rings. The maximum atomic E-state index is 14.1. The number of halogens is 6. The topological polar surface area (TPSA) is 26.3 Å². The lowest BCUT2D eigenvalue weighted by Crippen LogP contribution is -2.30. The van der Waals surface area contributed by atoms with E-state index in [4.69, 9.17) is 4.74 Å². The van der Waals surface area contributed by atoms with Crippen LogP contribution in [0.25, 0.3) is 5.83 Å². The van der Waals surface area contributed by atoms with Crippen LogP contribution in [0.1, 0.15) is 76.7 Å². The van der Waals surface area contributed by atoms with E-state index in [1.807, 2.05) is 0 Å². The first-order valence-electron chi connectivity index (χ1n) is 11.7. The second kappa shape index (κ2) is 11.0. The summed E-state index contributed by atoms with van der Waals surface area (Å²) in [6, 6.07) is 1.06. The zero-order valence-electron chi connectivity index (χ0n) is 18.7. The summed E-state index contributed by atoms with van der Waals surface area (Å²) in [7, 11) is 0. The fourth-order valence-corrected chi connectivity index (χ4v) is 5.44. The van der Waals surface area contributed by atoms with Crippen molar-refractivity contribution in [2.75, 3.05) is 0 Å². The van der Waals surface area contributed by atoms with E-state index >= 15 is 0 Å². The molecule has 3 rings (SSSR count). The van der Waals surface area contributed by atoms with Crippen LogP contribution < -0.4 is 4.74 Å². The Balaban J connectivity index is 1.55. The second-order valence-corrected chi connectivity index (χ2v) is 9.40. The molecular formula is C25H30F6O2. The lowest BCUT2D eigenvalue weighted by molar-refractivity contribution is -0.140. The van der Waals surface area contributed by atoms with Crippen molar-refractivity contribution in [3.8, 4) is 5.75 Å². The van der Waals surface area contributed by atoms with Gasteiger partial charge in [-0.05, 0) is 56.3 Å². The van der Waals surface area contributed by atoms with E-state index < -0.39 is 52.9 Å². The first-order chi connectivity index (χ1) is 15.6. The molecule has 2 aliphatic carbocycles. The molecule has 0 aromatic heterocycles. The Morgan fingerprint density at radius 2 is 1.48 bits per heavy atom. The largest absolute Gasteiger partial charge is 0.426 e. The van der Waals surface area contributed by atoms with Crippen molar-refractivity contribution in [3.05, 3.63) is 35.4 Å². The summed E-state index contributed by atoms with van der Waals surface area (Å²) in [6.45, 7) is 2.22. The normalized spacial score (nSPS) is 26.8. The Hall–Kier alpha value is -1.99. The number of carbonyl (C=O) groups excluding carboxylic acids is 1. The summed E-state index contributed by atoms with van der Waals surface area (Å²) in [4.78, 5) is 12.5. The first-order valence-corrected chi connectivity index (χ1v) is 11.7. The molecule has 0 bridgehead atoms. The molecule has 1 aromatic carbocycles. The van der Waals surface area contributed by atoms with Crippen LogP contribution in [0, 0.1) is 35.3 Å². The molecule has 8 heteroatoms. The average Bonchev–Trinajstić information content (AvgIpc) is 2.73. The Kier molecular flexibility index (Phi) is 8.51. The Bertz CT molecular complexity index is 824. The minimum Gasteiger partial charge on any atom is -0.426 e. The summed E-state index contributed by atoms with van der Waals surface area (Å²) >= 11 is 0. The highest BCUT2D eigenvalue weighted by Gasteiger charge is 2.34. The van der Waals surface area contributed by atoms with Crippen molar-refractivity contribution in [1.29, 1.82) is 0 Å². The molecule has 0 heterocycles. The fourth-order valence-electron chi connectivity index (χ4n) is 5.44. The van der Waals surface area contributed by atoms with Crippen LogP contribution >= 0.6 is 0 Å². The van der Waals surface area contributed by atoms with Crippen molar-refractivity contribution in [2.45, 2.75) is 77.3 Å². The van der Waals surface area contributed by atoms with Gasteiger partial charge in [0.05, 0.1) is 17.6 Å². The van der Waals surface area contributed by atoms with E-state index in [0.717, 1.165) is 18.8 Å². The molecule has 33 heavy (non-hydrogen) atoms. The van der Waals surface area contributed by atoms with Gasteiger partial charge in [-0.1, -0.05) is 32.6 Å². The smallest absolute Gasteiger partial charge is 0.412 e. The van der Waals surface area contributed by atoms with Gasteiger partial charge in [-0.15, -0.1) is 0 Å². The minimum absolute atomic E-state index is 0.398. The zero-order valence-corrected chi connectivity index (χ0v) is 18.7. The quantitative estimate of drug-likeness (QED) is 0.235. The van der Waals surface area contributed by atoms with Crippen molar-refractivity contribution >= 4 is 11.8 Å². The molecule has 2 fully saturated rings. The standard InChI is InChI=1S/C25H30F6O2/c1-2-3-15-4-6-16(7-5-15)17-8-10-18(11-9-17)24(32)33-19-12-20(26)23(21(27)13-19)22(28)14-25(29,30)31/h12-18H,2-11H2,1H3/b22-14-. The number of benzene rings is 1. The van der Waals surface area contributed by atoms with Crippen LogP contribution in [0.5, 0.6) is 5.75 Å². The van der Waals surface area contributed by atoms with Crippen LogP contribution in [0.4, 0.5) is 26.3 Å². The number of ether oxygens (including phenoxy) is 1. The van der Waals surface area contributed by atoms with E-state index in [1.54, 1.807) is 0 Å². The highest BCUT2D eigenvalue weighted by atomic mass is 19.4. The predicted octanol–water partition coefficient (Wildman–Crippen LogP) is 8.16. The van der Waals surface area contributed by atoms with Gasteiger partial charge in [0.25, 0.3) is 0 Å². The average molecular weight is 477 g/mol. The molecule has 184 valence electrons. The number of hydrogen-bond donors (Lipinski definition) is 0. The number of alkyl halides is 3. The molecule has 0 spiro atoms. The summed E-state index contributed by atoms with van der Waals surface area (Å²) in [5.74, 6) is -4.64. The van der Waals surface area contributed by atoms with Crippen LogP contribution in [-0.2, 0) is 4.79 Å². The second-order valence-electron chi connectivity index (χ2n) is 9.40. The molecule has 0 atom stereocenters. The summed E-state index contributed by atoms with van der Waals surface area (Å²) < 4.78 is 83.7. The van der Waals surface area contributed by atoms with Gasteiger partial charge in [0.15, 0.2) is 0 Å². The van der Waals surface area contributed by atoms with E-state index in [-0.39, 0.29) is 0 Å². The number of esters is 1. The molecule has 2 saturated carbocycles. The highest BCUT2D eigenvalue weighted by molar-refractivity contribution is 5.75. The fraction of sp³-hybridized carbons (Fsp3) is 0.640. The zero-order chi connectivity index (χ0) is 24.2. The third-order valence-electron chi connectivity index (χ3n) is 7.12. The van der Waals surface area contributed by atoms with Crippen LogP contribution in [0.2, 0.25) is 0 Å². The van der Waals surface area contributed by atoms with Crippen molar-refractivity contribution in [2.24, 2.45) is 23.7 Å². The summed E-state index contributed by atoms with van der Waals surface area (Å²) in [5.41, 5.74) is -1.44. The van der Waals surface area contributed by atoms with Gasteiger partial charge in [-0.2, -0.15) is 13.2 Å². The third-order valence-corrected chi connectivity index (χ3v) is 7.12. The van der Waals surface area contributed by atoms with E-state index in [9.17, 15) is 31.1 Å². The van der Waals surface area contributed by atoms with Crippen molar-refractivity contribution < 1.29 is 35.9 Å². The van der Waals surface area contributed by atoms with Crippen LogP contribution in [0.3, 0.4) is 0 Å². The van der Waals surface area contributed by atoms with E-state index in [1.165, 1.54) is 38.5 Å². The van der Waals surface area contributed by atoms with Crippen molar-refractivity contribution in [3.63, 3.8) is 0 Å². The lowest BCUT2D eigenvalue weighted by Gasteiger charge is -2.37. The molecule has 0 N–H and O–H groups in total. The minimum atomic E-state index is -5.07. The Morgan fingerprint density at radius 3 is 1.97 bits per heavy atom. The summed E-state index contributed by atoms with van der Waals surface area (Å²) in [6.07, 6.45) is 4.68. The van der Waals surface area contributed by atoms with Crippen LogP contribution in [-0.4, -0.2) is 12.1 Å². The first kappa shape index (κ1) is 25.6. The van der Waals surface area contributed by atoms with Crippen LogP contribution in [0.15, 0.2) is 18.2 Å². The molecule has 0 aliphatic heterocycles. The van der Waals surface area contributed by atoms with Gasteiger partial charge in [0.1, 0.15) is 23.2 Å². The summed E-state index contributed by atoms with van der Waals surface area (Å²) in [5, 5.41) is 0. The highest BCUT2D eigenvalue weighted by Crippen LogP contribution is 2.42. The molecule has 0 unspecified atom stereocenters. The van der Waals surface area contributed by atoms with Gasteiger partial charge in [0, 0.05) is 12.1 Å². The van der Waals surface area contributed by atoms with Gasteiger partial charge < -0.3 is 4.74 Å². The Morgan fingerprint density at radius 1 is 0.970 bits per heavy atom. The van der Waals surface area contributed by atoms with Gasteiger partial charge in [-0.25, -0.2) is 13.2 Å². The van der Waals surface area contributed by atoms with Crippen molar-refractivity contribution in [1.82, 2.24) is 0 Å². The monoisotopic (exact) mass is 476 g/mol. The molecular weight excluding hydrogens is 446 g/mol. The maximum absolute atomic E-state index is 14.1. The van der Waals surface area contributed by atoms with E-state index in [0.29, 0.717) is 36.8 Å². The predicted molar refractivity (Wildman–Crippen MR) is 113 cm³/mol. The Labute approximate surface area is 190 Å². The van der Waals surface area contributed by atoms with Gasteiger partial charge in [-0.3, -0.25) is 4.79 Å². The molecule has 0 saturated heterocycles. The molecule has 1 aromatic rings. The van der Waals surface area contributed by atoms with E-state index in [2.05, 4.69) is 6.92 Å². The van der Waals surface area contributed by atoms with Gasteiger partial charge in [0.2, 0.25) is 0 Å². The lowest BCUT2D eigenvalue weighted by atomic mass is 9.69. The third kappa shape index (κ3) is 7.00. The number of rotatable bonds is 6. The maximum Gasteiger partial charge on any atom is 0.412 e.